The molecule has 0 fully saturated rings. The molecule has 228 valence electrons. The van der Waals surface area contributed by atoms with E-state index in [4.69, 9.17) is 9.72 Å². The molecule has 5 nitrogen and oxygen atoms in total. The summed E-state index contributed by atoms with van der Waals surface area (Å²) in [4.78, 5) is 9.53. The van der Waals surface area contributed by atoms with Crippen molar-refractivity contribution in [2.75, 3.05) is 23.5 Å². The molecule has 0 bridgehead atoms. The standard InChI is InChI=1S/C40H42N4O/c1-26-13-16-35-37(19-26)42(8)25-43(35)29-20-28(40(5,6)7)21-31(23-29)45-30-14-15-33-32-11-9-10-12-34(32)44(36(33)24-30)38-22-27(17-18-41-38)39(2,3)4/h9-24H,25H2,1-8H3. The SMILES string of the molecule is Cc1ccc2c(c1)N(C)CN2c1cc(Oc2ccc3c4ccccc4n(-c4cc(C(C)(C)C)ccn4)c3c2)cc(C(C)(C)C)c1. The number of rotatable bonds is 4. The van der Waals surface area contributed by atoms with Gasteiger partial charge >= 0.3 is 0 Å². The van der Waals surface area contributed by atoms with Crippen molar-refractivity contribution in [3.8, 4) is 17.3 Å². The lowest BCUT2D eigenvalue weighted by molar-refractivity contribution is 0.479. The molecule has 45 heavy (non-hydrogen) atoms. The Balaban J connectivity index is 1.34. The predicted molar refractivity (Wildman–Crippen MR) is 189 cm³/mol. The van der Waals surface area contributed by atoms with Gasteiger partial charge in [0.05, 0.1) is 29.1 Å². The summed E-state index contributed by atoms with van der Waals surface area (Å²) in [7, 11) is 2.16. The maximum Gasteiger partial charge on any atom is 0.137 e. The monoisotopic (exact) mass is 594 g/mol. The lowest BCUT2D eigenvalue weighted by Gasteiger charge is -2.25. The summed E-state index contributed by atoms with van der Waals surface area (Å²) in [5.41, 5.74) is 9.53. The van der Waals surface area contributed by atoms with Crippen LogP contribution in [0.2, 0.25) is 0 Å². The molecule has 0 spiro atoms. The number of hydrogen-bond donors (Lipinski definition) is 0. The van der Waals surface area contributed by atoms with Crippen LogP contribution in [0.4, 0.5) is 17.1 Å². The Morgan fingerprint density at radius 2 is 1.42 bits per heavy atom. The zero-order valence-electron chi connectivity index (χ0n) is 27.6. The fraction of sp³-hybridized carbons (Fsp3) is 0.275. The Morgan fingerprint density at radius 3 is 2.20 bits per heavy atom. The third-order valence-electron chi connectivity index (χ3n) is 8.98. The van der Waals surface area contributed by atoms with Crippen molar-refractivity contribution in [3.63, 3.8) is 0 Å². The Morgan fingerprint density at radius 1 is 0.667 bits per heavy atom. The molecular formula is C40H42N4O. The zero-order valence-corrected chi connectivity index (χ0v) is 27.6. The summed E-state index contributed by atoms with van der Waals surface area (Å²) in [6.45, 7) is 16.4. The van der Waals surface area contributed by atoms with Gasteiger partial charge in [0.1, 0.15) is 17.3 Å². The van der Waals surface area contributed by atoms with Gasteiger partial charge in [-0.15, -0.1) is 0 Å². The summed E-state index contributed by atoms with van der Waals surface area (Å²) in [5.74, 6) is 2.54. The van der Waals surface area contributed by atoms with Crippen molar-refractivity contribution in [3.05, 3.63) is 114 Å². The minimum Gasteiger partial charge on any atom is -0.457 e. The molecule has 1 aliphatic rings. The van der Waals surface area contributed by atoms with Crippen LogP contribution in [0.15, 0.2) is 97.2 Å². The van der Waals surface area contributed by atoms with Gasteiger partial charge in [-0.1, -0.05) is 65.8 Å². The Bertz CT molecular complexity index is 2080. The topological polar surface area (TPSA) is 33.5 Å². The third kappa shape index (κ3) is 5.20. The summed E-state index contributed by atoms with van der Waals surface area (Å²) < 4.78 is 9.01. The molecule has 0 atom stereocenters. The first-order chi connectivity index (χ1) is 21.4. The number of hydrogen-bond acceptors (Lipinski definition) is 4. The second-order valence-electron chi connectivity index (χ2n) is 14.5. The average Bonchev–Trinajstić information content (AvgIpc) is 3.50. The molecular weight excluding hydrogens is 552 g/mol. The number of ether oxygens (including phenoxy) is 1. The summed E-state index contributed by atoms with van der Waals surface area (Å²) in [6, 6.07) is 32.7. The molecule has 6 aromatic rings. The van der Waals surface area contributed by atoms with Gasteiger partial charge in [-0.25, -0.2) is 4.98 Å². The van der Waals surface area contributed by atoms with Gasteiger partial charge in [-0.2, -0.15) is 0 Å². The molecule has 3 heterocycles. The number of benzene rings is 4. The number of nitrogens with zero attached hydrogens (tertiary/aromatic N) is 4. The minimum atomic E-state index is -0.0457. The van der Waals surface area contributed by atoms with Crippen LogP contribution in [0.5, 0.6) is 11.5 Å². The van der Waals surface area contributed by atoms with Crippen molar-refractivity contribution in [1.82, 2.24) is 9.55 Å². The largest absolute Gasteiger partial charge is 0.457 e. The third-order valence-corrected chi connectivity index (χ3v) is 8.98. The molecule has 0 radical (unpaired) electrons. The van der Waals surface area contributed by atoms with Crippen LogP contribution in [0.3, 0.4) is 0 Å². The Hall–Kier alpha value is -4.77. The lowest BCUT2D eigenvalue weighted by Crippen LogP contribution is -2.24. The molecule has 5 heteroatoms. The zero-order chi connectivity index (χ0) is 31.7. The second kappa shape index (κ2) is 10.4. The first kappa shape index (κ1) is 29.0. The van der Waals surface area contributed by atoms with Crippen LogP contribution in [0, 0.1) is 6.92 Å². The molecule has 2 aromatic heterocycles. The highest BCUT2D eigenvalue weighted by Gasteiger charge is 2.27. The van der Waals surface area contributed by atoms with Crippen LogP contribution in [0.25, 0.3) is 27.6 Å². The summed E-state index contributed by atoms with van der Waals surface area (Å²) >= 11 is 0. The van der Waals surface area contributed by atoms with Crippen LogP contribution in [0.1, 0.15) is 58.2 Å². The van der Waals surface area contributed by atoms with Gasteiger partial charge in [-0.3, -0.25) is 4.57 Å². The highest BCUT2D eigenvalue weighted by Crippen LogP contribution is 2.43. The first-order valence-corrected chi connectivity index (χ1v) is 15.8. The first-order valence-electron chi connectivity index (χ1n) is 15.8. The number of anilines is 3. The van der Waals surface area contributed by atoms with E-state index in [0.717, 1.165) is 40.7 Å². The average molecular weight is 595 g/mol. The Labute approximate surface area is 266 Å². The van der Waals surface area contributed by atoms with Gasteiger partial charge in [0.2, 0.25) is 0 Å². The summed E-state index contributed by atoms with van der Waals surface area (Å²) in [5, 5.41) is 2.38. The van der Waals surface area contributed by atoms with Crippen LogP contribution in [-0.2, 0) is 10.8 Å². The quantitative estimate of drug-likeness (QED) is 0.203. The Kier molecular flexibility index (Phi) is 6.70. The second-order valence-corrected chi connectivity index (χ2v) is 14.5. The van der Waals surface area contributed by atoms with Crippen molar-refractivity contribution >= 4 is 38.9 Å². The summed E-state index contributed by atoms with van der Waals surface area (Å²) in [6.07, 6.45) is 1.92. The van der Waals surface area contributed by atoms with E-state index in [1.165, 1.54) is 38.8 Å². The lowest BCUT2D eigenvalue weighted by atomic mass is 9.86. The molecule has 0 unspecified atom stereocenters. The van der Waals surface area contributed by atoms with E-state index in [9.17, 15) is 0 Å². The fourth-order valence-electron chi connectivity index (χ4n) is 6.39. The van der Waals surface area contributed by atoms with Gasteiger partial charge in [0.15, 0.2) is 0 Å². The number of fused-ring (bicyclic) bond motifs is 4. The highest BCUT2D eigenvalue weighted by molar-refractivity contribution is 6.09. The van der Waals surface area contributed by atoms with Gasteiger partial charge in [-0.05, 0) is 89.0 Å². The number of para-hydroxylation sites is 1. The normalized spacial score (nSPS) is 13.6. The van der Waals surface area contributed by atoms with Crippen molar-refractivity contribution in [1.29, 1.82) is 0 Å². The molecule has 0 saturated heterocycles. The predicted octanol–water partition coefficient (Wildman–Crippen LogP) is 10.4. The molecule has 0 amide bonds. The number of aryl methyl sites for hydroxylation is 1. The highest BCUT2D eigenvalue weighted by atomic mass is 16.5. The van der Waals surface area contributed by atoms with E-state index in [2.05, 4.69) is 161 Å². The minimum absolute atomic E-state index is 0.0178. The van der Waals surface area contributed by atoms with E-state index < -0.39 is 0 Å². The van der Waals surface area contributed by atoms with E-state index >= 15 is 0 Å². The van der Waals surface area contributed by atoms with E-state index in [-0.39, 0.29) is 10.8 Å². The van der Waals surface area contributed by atoms with Crippen LogP contribution in [-0.4, -0.2) is 23.3 Å². The number of aromatic nitrogens is 2. The maximum absolute atomic E-state index is 6.75. The maximum atomic E-state index is 6.75. The molecule has 4 aromatic carbocycles. The van der Waals surface area contributed by atoms with Crippen molar-refractivity contribution in [2.24, 2.45) is 0 Å². The molecule has 0 saturated carbocycles. The molecule has 0 N–H and O–H groups in total. The smallest absolute Gasteiger partial charge is 0.137 e. The molecule has 1 aliphatic heterocycles. The van der Waals surface area contributed by atoms with Gasteiger partial charge < -0.3 is 14.5 Å². The van der Waals surface area contributed by atoms with Gasteiger partial charge in [0, 0.05) is 41.8 Å². The van der Waals surface area contributed by atoms with Gasteiger partial charge in [0.25, 0.3) is 0 Å². The van der Waals surface area contributed by atoms with E-state index in [0.29, 0.717) is 0 Å². The molecule has 0 aliphatic carbocycles. The van der Waals surface area contributed by atoms with Crippen molar-refractivity contribution in [2.45, 2.75) is 59.3 Å². The number of pyridine rings is 1. The fourth-order valence-corrected chi connectivity index (χ4v) is 6.39. The van der Waals surface area contributed by atoms with E-state index in [1.807, 2.05) is 6.20 Å². The molecule has 7 rings (SSSR count). The van der Waals surface area contributed by atoms with Crippen LogP contribution < -0.4 is 14.5 Å². The van der Waals surface area contributed by atoms with Crippen molar-refractivity contribution < 1.29 is 4.74 Å². The van der Waals surface area contributed by atoms with E-state index in [1.54, 1.807) is 0 Å². The van der Waals surface area contributed by atoms with Crippen LogP contribution >= 0.6 is 0 Å².